The molecular weight excluding hydrogens is 286 g/mol. The standard InChI is InChI=1S/C15H17N3O4/c1-15(2,3)21-14(19)17-7-8-20-13-11-6-4-5-10(9-16)12(11)22-18-13/h4-6H,7-8H2,1-3H3,(H,17,19). The highest BCUT2D eigenvalue weighted by Crippen LogP contribution is 2.26. The molecule has 0 radical (unpaired) electrons. The van der Waals surface area contributed by atoms with Crippen LogP contribution in [0.2, 0.25) is 0 Å². The van der Waals surface area contributed by atoms with E-state index in [1.807, 2.05) is 6.07 Å². The molecule has 0 atom stereocenters. The number of nitrogens with one attached hydrogen (secondary N) is 1. The Balaban J connectivity index is 1.88. The topological polar surface area (TPSA) is 97.4 Å². The van der Waals surface area contributed by atoms with Crippen LogP contribution in [0.3, 0.4) is 0 Å². The smallest absolute Gasteiger partial charge is 0.407 e. The van der Waals surface area contributed by atoms with E-state index in [0.29, 0.717) is 16.5 Å². The van der Waals surface area contributed by atoms with Crippen molar-refractivity contribution in [3.8, 4) is 11.9 Å². The molecule has 1 heterocycles. The van der Waals surface area contributed by atoms with Gasteiger partial charge in [0, 0.05) is 0 Å². The minimum Gasteiger partial charge on any atom is -0.473 e. The zero-order valence-electron chi connectivity index (χ0n) is 12.7. The van der Waals surface area contributed by atoms with Crippen LogP contribution in [0, 0.1) is 11.3 Å². The fourth-order valence-corrected chi connectivity index (χ4v) is 1.75. The number of ether oxygens (including phenoxy) is 2. The van der Waals surface area contributed by atoms with E-state index in [1.54, 1.807) is 39.0 Å². The second-order valence-corrected chi connectivity index (χ2v) is 5.56. The van der Waals surface area contributed by atoms with Crippen LogP contribution in [0.15, 0.2) is 22.7 Å². The largest absolute Gasteiger partial charge is 0.473 e. The zero-order valence-corrected chi connectivity index (χ0v) is 12.7. The molecule has 0 unspecified atom stereocenters. The van der Waals surface area contributed by atoms with E-state index in [0.717, 1.165) is 0 Å². The number of hydrogen-bond acceptors (Lipinski definition) is 6. The predicted octanol–water partition coefficient (Wildman–Crippen LogP) is 2.60. The molecule has 2 rings (SSSR count). The monoisotopic (exact) mass is 303 g/mol. The van der Waals surface area contributed by atoms with E-state index in [4.69, 9.17) is 19.3 Å². The Kier molecular flexibility index (Phi) is 4.51. The van der Waals surface area contributed by atoms with Crippen molar-refractivity contribution in [3.63, 3.8) is 0 Å². The number of nitriles is 1. The van der Waals surface area contributed by atoms with Crippen LogP contribution in [0.1, 0.15) is 26.3 Å². The number of benzene rings is 1. The Hall–Kier alpha value is -2.75. The van der Waals surface area contributed by atoms with Gasteiger partial charge in [0.2, 0.25) is 0 Å². The summed E-state index contributed by atoms with van der Waals surface area (Å²) in [5.41, 5.74) is 0.243. The van der Waals surface area contributed by atoms with Gasteiger partial charge in [0.1, 0.15) is 18.3 Å². The van der Waals surface area contributed by atoms with Gasteiger partial charge in [0.05, 0.1) is 17.5 Å². The highest BCUT2D eigenvalue weighted by molar-refractivity contribution is 5.86. The molecule has 116 valence electrons. The van der Waals surface area contributed by atoms with E-state index in [-0.39, 0.29) is 19.0 Å². The van der Waals surface area contributed by atoms with Crippen molar-refractivity contribution in [1.29, 1.82) is 5.26 Å². The number of rotatable bonds is 4. The van der Waals surface area contributed by atoms with Crippen LogP contribution in [-0.2, 0) is 4.74 Å². The lowest BCUT2D eigenvalue weighted by molar-refractivity contribution is 0.0520. The number of nitrogens with zero attached hydrogens (tertiary/aromatic N) is 2. The van der Waals surface area contributed by atoms with Crippen molar-refractivity contribution in [2.75, 3.05) is 13.2 Å². The minimum absolute atomic E-state index is 0.206. The summed E-state index contributed by atoms with van der Waals surface area (Å²) in [6, 6.07) is 7.14. The second-order valence-electron chi connectivity index (χ2n) is 5.56. The van der Waals surface area contributed by atoms with Crippen LogP contribution >= 0.6 is 0 Å². The predicted molar refractivity (Wildman–Crippen MR) is 78.5 cm³/mol. The summed E-state index contributed by atoms with van der Waals surface area (Å²) in [7, 11) is 0. The van der Waals surface area contributed by atoms with E-state index in [2.05, 4.69) is 10.5 Å². The lowest BCUT2D eigenvalue weighted by Crippen LogP contribution is -2.34. The van der Waals surface area contributed by atoms with Gasteiger partial charge in [-0.2, -0.15) is 5.26 Å². The van der Waals surface area contributed by atoms with Gasteiger partial charge in [-0.25, -0.2) is 4.79 Å². The Bertz CT molecular complexity index is 710. The molecule has 0 saturated heterocycles. The fraction of sp³-hybridized carbons (Fsp3) is 0.400. The third-order valence-corrected chi connectivity index (χ3v) is 2.59. The van der Waals surface area contributed by atoms with Crippen LogP contribution < -0.4 is 10.1 Å². The van der Waals surface area contributed by atoms with Gasteiger partial charge in [0.25, 0.3) is 5.88 Å². The van der Waals surface area contributed by atoms with Crippen LogP contribution in [-0.4, -0.2) is 30.0 Å². The molecule has 0 aliphatic carbocycles. The summed E-state index contributed by atoms with van der Waals surface area (Å²) in [5, 5.41) is 16.0. The first-order valence-electron chi connectivity index (χ1n) is 6.79. The SMILES string of the molecule is CC(C)(C)OC(=O)NCCOc1noc2c(C#N)cccc12. The van der Waals surface area contributed by atoms with Crippen molar-refractivity contribution in [1.82, 2.24) is 10.5 Å². The molecule has 22 heavy (non-hydrogen) atoms. The quantitative estimate of drug-likeness (QED) is 0.872. The van der Waals surface area contributed by atoms with Crippen molar-refractivity contribution in [3.05, 3.63) is 23.8 Å². The second kappa shape index (κ2) is 6.35. The first kappa shape index (κ1) is 15.6. The molecule has 7 nitrogen and oxygen atoms in total. The van der Waals surface area contributed by atoms with Crippen molar-refractivity contribution in [2.24, 2.45) is 0 Å². The Morgan fingerprint density at radius 2 is 2.23 bits per heavy atom. The Morgan fingerprint density at radius 3 is 2.91 bits per heavy atom. The molecule has 0 fully saturated rings. The van der Waals surface area contributed by atoms with Crippen LogP contribution in [0.25, 0.3) is 11.0 Å². The van der Waals surface area contributed by atoms with E-state index < -0.39 is 11.7 Å². The van der Waals surface area contributed by atoms with Gasteiger partial charge in [-0.05, 0) is 38.1 Å². The number of amides is 1. The first-order chi connectivity index (χ1) is 10.4. The molecule has 7 heteroatoms. The van der Waals surface area contributed by atoms with Gasteiger partial charge in [-0.3, -0.25) is 0 Å². The van der Waals surface area contributed by atoms with Gasteiger partial charge in [-0.1, -0.05) is 6.07 Å². The van der Waals surface area contributed by atoms with Crippen LogP contribution in [0.5, 0.6) is 5.88 Å². The third-order valence-electron chi connectivity index (χ3n) is 2.59. The maximum absolute atomic E-state index is 11.5. The van der Waals surface area contributed by atoms with E-state index >= 15 is 0 Å². The van der Waals surface area contributed by atoms with Gasteiger partial charge in [-0.15, -0.1) is 0 Å². The Morgan fingerprint density at radius 1 is 1.45 bits per heavy atom. The number of alkyl carbamates (subject to hydrolysis) is 1. The number of para-hydroxylation sites is 1. The zero-order chi connectivity index (χ0) is 16.2. The molecule has 1 aromatic heterocycles. The summed E-state index contributed by atoms with van der Waals surface area (Å²) >= 11 is 0. The number of carbonyl (C=O) groups excluding carboxylic acids is 1. The molecule has 0 saturated carbocycles. The molecular formula is C15H17N3O4. The first-order valence-corrected chi connectivity index (χ1v) is 6.79. The molecule has 0 aliphatic heterocycles. The summed E-state index contributed by atoms with van der Waals surface area (Å²) in [6.45, 7) is 5.84. The fourth-order valence-electron chi connectivity index (χ4n) is 1.75. The van der Waals surface area contributed by atoms with Crippen LogP contribution in [0.4, 0.5) is 4.79 Å². The maximum Gasteiger partial charge on any atom is 0.407 e. The van der Waals surface area contributed by atoms with Gasteiger partial charge in [0.15, 0.2) is 5.58 Å². The van der Waals surface area contributed by atoms with E-state index in [9.17, 15) is 4.79 Å². The van der Waals surface area contributed by atoms with Gasteiger partial charge >= 0.3 is 6.09 Å². The summed E-state index contributed by atoms with van der Waals surface area (Å²) in [5.74, 6) is 0.290. The third kappa shape index (κ3) is 3.88. The molecule has 1 amide bonds. The number of fused-ring (bicyclic) bond motifs is 1. The normalized spacial score (nSPS) is 11.0. The average molecular weight is 303 g/mol. The van der Waals surface area contributed by atoms with Crippen molar-refractivity contribution >= 4 is 17.1 Å². The summed E-state index contributed by atoms with van der Waals surface area (Å²) in [6.07, 6.45) is -0.507. The number of carbonyl (C=O) groups is 1. The molecule has 0 aliphatic rings. The lowest BCUT2D eigenvalue weighted by Gasteiger charge is -2.19. The Labute approximate surface area is 127 Å². The maximum atomic E-state index is 11.5. The lowest BCUT2D eigenvalue weighted by atomic mass is 10.2. The average Bonchev–Trinajstić information content (AvgIpc) is 2.85. The molecule has 2 aromatic rings. The van der Waals surface area contributed by atoms with Crippen molar-refractivity contribution < 1.29 is 18.8 Å². The molecule has 1 aromatic carbocycles. The molecule has 0 bridgehead atoms. The van der Waals surface area contributed by atoms with Gasteiger partial charge < -0.3 is 19.3 Å². The summed E-state index contributed by atoms with van der Waals surface area (Å²) in [4.78, 5) is 11.5. The molecule has 0 spiro atoms. The number of hydrogen-bond donors (Lipinski definition) is 1. The highest BCUT2D eigenvalue weighted by Gasteiger charge is 2.16. The van der Waals surface area contributed by atoms with E-state index in [1.165, 1.54) is 0 Å². The number of aromatic nitrogens is 1. The summed E-state index contributed by atoms with van der Waals surface area (Å²) < 4.78 is 15.7. The highest BCUT2D eigenvalue weighted by atomic mass is 16.6. The van der Waals surface area contributed by atoms with Crippen molar-refractivity contribution in [2.45, 2.75) is 26.4 Å². The minimum atomic E-state index is -0.541. The molecule has 1 N–H and O–H groups in total.